The van der Waals surface area contributed by atoms with Gasteiger partial charge in [-0.25, -0.2) is 9.59 Å². The van der Waals surface area contributed by atoms with Crippen LogP contribution >= 0.6 is 31.9 Å². The van der Waals surface area contributed by atoms with E-state index in [2.05, 4.69) is 37.0 Å². The SMILES string of the molecule is CCOC(=O)COc1c(OCC)cc(/C=C2\C(=O)N(c3cccc(C(=O)O)c3)N=C2C)c(Br)c1Br. The quantitative estimate of drug-likeness (QED) is 0.312. The second-order valence-electron chi connectivity index (χ2n) is 7.16. The summed E-state index contributed by atoms with van der Waals surface area (Å²) in [6.45, 7) is 5.49. The molecule has 1 heterocycles. The van der Waals surface area contributed by atoms with Crippen molar-refractivity contribution in [3.8, 4) is 11.5 Å². The third kappa shape index (κ3) is 5.91. The minimum Gasteiger partial charge on any atom is -0.490 e. The summed E-state index contributed by atoms with van der Waals surface area (Å²) in [5, 5.41) is 14.7. The molecular formula is C24H22Br2N2O7. The predicted octanol–water partition coefficient (Wildman–Crippen LogP) is 5.06. The van der Waals surface area contributed by atoms with E-state index in [1.165, 1.54) is 12.1 Å². The monoisotopic (exact) mass is 608 g/mol. The van der Waals surface area contributed by atoms with E-state index < -0.39 is 17.8 Å². The number of nitrogens with zero attached hydrogens (tertiary/aromatic N) is 2. The van der Waals surface area contributed by atoms with Crippen molar-refractivity contribution < 1.29 is 33.7 Å². The van der Waals surface area contributed by atoms with Gasteiger partial charge in [-0.15, -0.1) is 0 Å². The smallest absolute Gasteiger partial charge is 0.344 e. The molecule has 11 heteroatoms. The summed E-state index contributed by atoms with van der Waals surface area (Å²) in [5.41, 5.74) is 1.77. The lowest BCUT2D eigenvalue weighted by atomic mass is 10.1. The molecule has 35 heavy (non-hydrogen) atoms. The molecule has 0 bridgehead atoms. The lowest BCUT2D eigenvalue weighted by Crippen LogP contribution is -2.21. The summed E-state index contributed by atoms with van der Waals surface area (Å²) in [6.07, 6.45) is 1.65. The number of rotatable bonds is 9. The third-order valence-electron chi connectivity index (χ3n) is 4.80. The van der Waals surface area contributed by atoms with Gasteiger partial charge in [0, 0.05) is 4.47 Å². The summed E-state index contributed by atoms with van der Waals surface area (Å²) in [5.74, 6) is -1.35. The minimum atomic E-state index is -1.10. The molecule has 1 amide bonds. The van der Waals surface area contributed by atoms with Crippen molar-refractivity contribution in [3.05, 3.63) is 56.0 Å². The van der Waals surface area contributed by atoms with Crippen molar-refractivity contribution in [1.82, 2.24) is 0 Å². The van der Waals surface area contributed by atoms with Gasteiger partial charge in [0.25, 0.3) is 5.91 Å². The average Bonchev–Trinajstić information content (AvgIpc) is 3.10. The Bertz CT molecular complexity index is 1240. The number of carboxylic acid groups (broad SMARTS) is 1. The van der Waals surface area contributed by atoms with Gasteiger partial charge in [0.15, 0.2) is 18.1 Å². The van der Waals surface area contributed by atoms with Crippen molar-refractivity contribution in [1.29, 1.82) is 0 Å². The molecule has 9 nitrogen and oxygen atoms in total. The van der Waals surface area contributed by atoms with Gasteiger partial charge in [-0.1, -0.05) is 6.07 Å². The van der Waals surface area contributed by atoms with Crippen LogP contribution in [0.2, 0.25) is 0 Å². The molecule has 0 spiro atoms. The Hall–Kier alpha value is -3.18. The maximum Gasteiger partial charge on any atom is 0.344 e. The first-order valence-electron chi connectivity index (χ1n) is 10.6. The van der Waals surface area contributed by atoms with Crippen LogP contribution in [-0.4, -0.2) is 48.5 Å². The van der Waals surface area contributed by atoms with Gasteiger partial charge in [-0.3, -0.25) is 4.79 Å². The van der Waals surface area contributed by atoms with Gasteiger partial charge in [0.05, 0.1) is 40.2 Å². The normalized spacial score (nSPS) is 14.2. The minimum absolute atomic E-state index is 0.0482. The largest absolute Gasteiger partial charge is 0.490 e. The zero-order chi connectivity index (χ0) is 25.7. The first-order valence-corrected chi connectivity index (χ1v) is 12.1. The lowest BCUT2D eigenvalue weighted by molar-refractivity contribution is -0.145. The van der Waals surface area contributed by atoms with Crippen LogP contribution in [0.5, 0.6) is 11.5 Å². The number of hydrazone groups is 1. The van der Waals surface area contributed by atoms with Gasteiger partial charge in [0.1, 0.15) is 0 Å². The molecule has 0 aromatic heterocycles. The van der Waals surface area contributed by atoms with Crippen molar-refractivity contribution in [2.24, 2.45) is 5.10 Å². The molecule has 1 aliphatic heterocycles. The second kappa shape index (κ2) is 11.5. The highest BCUT2D eigenvalue weighted by atomic mass is 79.9. The molecule has 0 radical (unpaired) electrons. The fourth-order valence-corrected chi connectivity index (χ4v) is 4.17. The van der Waals surface area contributed by atoms with Gasteiger partial charge in [-0.2, -0.15) is 10.1 Å². The molecule has 0 saturated carbocycles. The molecule has 2 aromatic rings. The number of benzene rings is 2. The molecule has 0 fully saturated rings. The number of hydrogen-bond acceptors (Lipinski definition) is 7. The van der Waals surface area contributed by atoms with E-state index in [0.717, 1.165) is 5.01 Å². The highest BCUT2D eigenvalue weighted by Crippen LogP contribution is 2.44. The Labute approximate surface area is 218 Å². The molecule has 0 saturated heterocycles. The first-order chi connectivity index (χ1) is 16.7. The molecule has 184 valence electrons. The topological polar surface area (TPSA) is 115 Å². The molecular weight excluding hydrogens is 588 g/mol. The van der Waals surface area contributed by atoms with Crippen LogP contribution in [0.15, 0.2) is 50.0 Å². The van der Waals surface area contributed by atoms with Crippen LogP contribution < -0.4 is 14.5 Å². The lowest BCUT2D eigenvalue weighted by Gasteiger charge is -2.16. The van der Waals surface area contributed by atoms with Gasteiger partial charge < -0.3 is 19.3 Å². The standard InChI is InChI=1S/C24H22Br2N2O7/c1-4-33-18-11-15(20(25)21(26)22(18)35-12-19(29)34-5-2)10-17-13(3)27-28(23(17)30)16-8-6-7-14(9-16)24(31)32/h6-11H,4-5,12H2,1-3H3,(H,31,32)/b17-10-. The third-order valence-corrected chi connectivity index (χ3v) is 6.94. The van der Waals surface area contributed by atoms with Crippen molar-refractivity contribution >= 4 is 67.2 Å². The number of carboxylic acids is 1. The maximum atomic E-state index is 13.2. The van der Waals surface area contributed by atoms with Crippen molar-refractivity contribution in [2.75, 3.05) is 24.8 Å². The van der Waals surface area contributed by atoms with Crippen LogP contribution in [0.4, 0.5) is 5.69 Å². The van der Waals surface area contributed by atoms with Crippen LogP contribution in [0.25, 0.3) is 6.08 Å². The molecule has 1 aliphatic rings. The Morgan fingerprint density at radius 1 is 1.11 bits per heavy atom. The Kier molecular flexibility index (Phi) is 8.68. The fourth-order valence-electron chi connectivity index (χ4n) is 3.23. The zero-order valence-corrected chi connectivity index (χ0v) is 22.3. The fraction of sp³-hybridized carbons (Fsp3) is 0.250. The van der Waals surface area contributed by atoms with Gasteiger partial charge in [-0.05, 0) is 88.5 Å². The summed E-state index contributed by atoms with van der Waals surface area (Å²) < 4.78 is 17.3. The average molecular weight is 610 g/mol. The van der Waals surface area contributed by atoms with Crippen molar-refractivity contribution in [3.63, 3.8) is 0 Å². The number of carbonyl (C=O) groups is 3. The van der Waals surface area contributed by atoms with Gasteiger partial charge in [0.2, 0.25) is 0 Å². The summed E-state index contributed by atoms with van der Waals surface area (Å²) in [4.78, 5) is 36.2. The van der Waals surface area contributed by atoms with Crippen LogP contribution in [0, 0.1) is 0 Å². The number of hydrogen-bond donors (Lipinski definition) is 1. The summed E-state index contributed by atoms with van der Waals surface area (Å²) >= 11 is 6.99. The molecule has 1 N–H and O–H groups in total. The summed E-state index contributed by atoms with van der Waals surface area (Å²) in [6, 6.07) is 7.67. The van der Waals surface area contributed by atoms with E-state index in [4.69, 9.17) is 14.2 Å². The van der Waals surface area contributed by atoms with Crippen LogP contribution in [-0.2, 0) is 14.3 Å². The van der Waals surface area contributed by atoms with E-state index >= 15 is 0 Å². The van der Waals surface area contributed by atoms with E-state index in [1.807, 2.05) is 6.92 Å². The molecule has 0 unspecified atom stereocenters. The number of anilines is 1. The van der Waals surface area contributed by atoms with Crippen molar-refractivity contribution in [2.45, 2.75) is 20.8 Å². The Morgan fingerprint density at radius 3 is 2.51 bits per heavy atom. The molecule has 0 aliphatic carbocycles. The molecule has 0 atom stereocenters. The number of halogens is 2. The highest BCUT2D eigenvalue weighted by Gasteiger charge is 2.30. The highest BCUT2D eigenvalue weighted by molar-refractivity contribution is 9.13. The predicted molar refractivity (Wildman–Crippen MR) is 137 cm³/mol. The van der Waals surface area contributed by atoms with E-state index in [-0.39, 0.29) is 18.8 Å². The van der Waals surface area contributed by atoms with Crippen LogP contribution in [0.1, 0.15) is 36.7 Å². The zero-order valence-electron chi connectivity index (χ0n) is 19.1. The number of aromatic carboxylic acids is 1. The first kappa shape index (κ1) is 26.4. The van der Waals surface area contributed by atoms with E-state index in [9.17, 15) is 19.5 Å². The Morgan fingerprint density at radius 2 is 1.86 bits per heavy atom. The Balaban J connectivity index is 1.97. The van der Waals surface area contributed by atoms with Gasteiger partial charge >= 0.3 is 11.9 Å². The van der Waals surface area contributed by atoms with E-state index in [0.29, 0.717) is 49.6 Å². The molecule has 2 aromatic carbocycles. The number of carbonyl (C=O) groups excluding carboxylic acids is 2. The molecule has 3 rings (SSSR count). The number of esters is 1. The summed E-state index contributed by atoms with van der Waals surface area (Å²) in [7, 11) is 0. The maximum absolute atomic E-state index is 13.2. The number of amides is 1. The van der Waals surface area contributed by atoms with Crippen LogP contribution in [0.3, 0.4) is 0 Å². The second-order valence-corrected chi connectivity index (χ2v) is 8.75. The van der Waals surface area contributed by atoms with E-state index in [1.54, 1.807) is 38.1 Å². The number of ether oxygens (including phenoxy) is 3.